The first-order valence-corrected chi connectivity index (χ1v) is 7.57. The minimum Gasteiger partial charge on any atom is -0.467 e. The Balaban J connectivity index is 2.60. The second-order valence-electron chi connectivity index (χ2n) is 5.01. The van der Waals surface area contributed by atoms with E-state index in [1.54, 1.807) is 18.2 Å². The number of amides is 1. The van der Waals surface area contributed by atoms with Crippen LogP contribution in [0.2, 0.25) is 5.02 Å². The van der Waals surface area contributed by atoms with Crippen molar-refractivity contribution in [3.8, 4) is 0 Å². The summed E-state index contributed by atoms with van der Waals surface area (Å²) in [5.41, 5.74) is 0.174. The van der Waals surface area contributed by atoms with Gasteiger partial charge in [-0.3, -0.25) is 4.79 Å². The topological polar surface area (TPSA) is 81.7 Å². The van der Waals surface area contributed by atoms with E-state index in [1.807, 2.05) is 13.8 Å². The maximum absolute atomic E-state index is 11.9. The van der Waals surface area contributed by atoms with E-state index < -0.39 is 30.5 Å². The van der Waals surface area contributed by atoms with Gasteiger partial charge in [0.25, 0.3) is 5.91 Å². The summed E-state index contributed by atoms with van der Waals surface area (Å²) in [6, 6.07) is 5.59. The van der Waals surface area contributed by atoms with Crippen LogP contribution in [0.25, 0.3) is 0 Å². The molecule has 0 radical (unpaired) electrons. The monoisotopic (exact) mass is 341 g/mol. The van der Waals surface area contributed by atoms with Crippen LogP contribution in [0.5, 0.6) is 0 Å². The Morgan fingerprint density at radius 1 is 1.26 bits per heavy atom. The van der Waals surface area contributed by atoms with Crippen LogP contribution in [-0.4, -0.2) is 37.6 Å². The van der Waals surface area contributed by atoms with Crippen molar-refractivity contribution in [2.24, 2.45) is 5.92 Å². The van der Waals surface area contributed by atoms with Crippen LogP contribution in [-0.2, 0) is 19.1 Å². The number of carbonyl (C=O) groups is 3. The van der Waals surface area contributed by atoms with E-state index in [4.69, 9.17) is 16.3 Å². The van der Waals surface area contributed by atoms with Crippen LogP contribution in [0.1, 0.15) is 30.6 Å². The van der Waals surface area contributed by atoms with Crippen LogP contribution in [0, 0.1) is 5.92 Å². The van der Waals surface area contributed by atoms with Crippen molar-refractivity contribution in [1.82, 2.24) is 5.32 Å². The van der Waals surface area contributed by atoms with Gasteiger partial charge in [-0.25, -0.2) is 9.59 Å². The van der Waals surface area contributed by atoms with E-state index in [-0.39, 0.29) is 16.5 Å². The summed E-state index contributed by atoms with van der Waals surface area (Å²) < 4.78 is 9.58. The Labute approximate surface area is 140 Å². The molecular weight excluding hydrogens is 322 g/mol. The third kappa shape index (κ3) is 5.56. The maximum atomic E-state index is 11.9. The summed E-state index contributed by atoms with van der Waals surface area (Å²) in [6.45, 7) is 3.20. The molecule has 0 aromatic heterocycles. The fourth-order valence-corrected chi connectivity index (χ4v) is 2.06. The molecule has 0 saturated heterocycles. The number of nitrogens with one attached hydrogen (secondary N) is 1. The molecule has 0 aliphatic rings. The zero-order valence-electron chi connectivity index (χ0n) is 13.3. The van der Waals surface area contributed by atoms with Gasteiger partial charge in [-0.2, -0.15) is 0 Å². The third-order valence-electron chi connectivity index (χ3n) is 3.41. The fraction of sp³-hybridized carbons (Fsp3) is 0.438. The summed E-state index contributed by atoms with van der Waals surface area (Å²) in [7, 11) is 1.25. The van der Waals surface area contributed by atoms with E-state index in [1.165, 1.54) is 13.2 Å². The quantitative estimate of drug-likeness (QED) is 0.769. The van der Waals surface area contributed by atoms with Crippen molar-refractivity contribution in [3.05, 3.63) is 34.9 Å². The molecule has 0 bridgehead atoms. The van der Waals surface area contributed by atoms with E-state index >= 15 is 0 Å². The lowest BCUT2D eigenvalue weighted by Gasteiger charge is -2.21. The number of hydrogen-bond acceptors (Lipinski definition) is 5. The smallest absolute Gasteiger partial charge is 0.340 e. The summed E-state index contributed by atoms with van der Waals surface area (Å²) >= 11 is 5.88. The molecule has 7 heteroatoms. The average Bonchev–Trinajstić information content (AvgIpc) is 2.56. The summed E-state index contributed by atoms with van der Waals surface area (Å²) in [4.78, 5) is 35.4. The number of carbonyl (C=O) groups excluding carboxylic acids is 3. The van der Waals surface area contributed by atoms with Crippen molar-refractivity contribution in [1.29, 1.82) is 0 Å². The molecule has 23 heavy (non-hydrogen) atoms. The molecule has 0 spiro atoms. The predicted octanol–water partition coefficient (Wildman–Crippen LogP) is 2.20. The fourth-order valence-electron chi connectivity index (χ4n) is 1.85. The third-order valence-corrected chi connectivity index (χ3v) is 3.74. The van der Waals surface area contributed by atoms with Gasteiger partial charge in [0.1, 0.15) is 6.04 Å². The predicted molar refractivity (Wildman–Crippen MR) is 85.1 cm³/mol. The van der Waals surface area contributed by atoms with Crippen LogP contribution < -0.4 is 5.32 Å². The molecule has 0 heterocycles. The Morgan fingerprint density at radius 3 is 2.48 bits per heavy atom. The number of esters is 2. The van der Waals surface area contributed by atoms with Crippen molar-refractivity contribution in [2.45, 2.75) is 26.3 Å². The second kappa shape index (κ2) is 9.15. The number of rotatable bonds is 7. The zero-order chi connectivity index (χ0) is 17.4. The first-order chi connectivity index (χ1) is 10.9. The Bertz CT molecular complexity index is 575. The molecule has 1 N–H and O–H groups in total. The number of methoxy groups -OCH3 is 1. The molecule has 2 atom stereocenters. The molecule has 126 valence electrons. The lowest BCUT2D eigenvalue weighted by atomic mass is 9.99. The average molecular weight is 342 g/mol. The highest BCUT2D eigenvalue weighted by atomic mass is 35.5. The van der Waals surface area contributed by atoms with Crippen molar-refractivity contribution < 1.29 is 23.9 Å². The van der Waals surface area contributed by atoms with Gasteiger partial charge in [-0.15, -0.1) is 0 Å². The standard InChI is InChI=1S/C16H20ClNO5/c1-4-10(2)14(16(21)22-3)18-13(19)9-23-15(20)11-7-5-6-8-12(11)17/h5-8,10,14H,4,9H2,1-3H3,(H,18,19)/t10-,14-/m0/s1. The highest BCUT2D eigenvalue weighted by Gasteiger charge is 2.27. The van der Waals surface area contributed by atoms with Crippen LogP contribution in [0.4, 0.5) is 0 Å². The molecule has 0 unspecified atom stereocenters. The maximum Gasteiger partial charge on any atom is 0.340 e. The van der Waals surface area contributed by atoms with Crippen molar-refractivity contribution in [3.63, 3.8) is 0 Å². The highest BCUT2D eigenvalue weighted by Crippen LogP contribution is 2.15. The SMILES string of the molecule is CC[C@H](C)[C@H](NC(=O)COC(=O)c1ccccc1Cl)C(=O)OC. The van der Waals surface area contributed by atoms with E-state index in [9.17, 15) is 14.4 Å². The minimum absolute atomic E-state index is 0.106. The second-order valence-corrected chi connectivity index (χ2v) is 5.42. The minimum atomic E-state index is -0.781. The largest absolute Gasteiger partial charge is 0.467 e. The number of halogens is 1. The Kier molecular flexibility index (Phi) is 7.54. The van der Waals surface area contributed by atoms with Gasteiger partial charge in [0, 0.05) is 0 Å². The molecular formula is C16H20ClNO5. The lowest BCUT2D eigenvalue weighted by molar-refractivity contribution is -0.147. The van der Waals surface area contributed by atoms with Crippen LogP contribution in [0.3, 0.4) is 0 Å². The molecule has 0 aliphatic carbocycles. The molecule has 1 amide bonds. The lowest BCUT2D eigenvalue weighted by Crippen LogP contribution is -2.47. The van der Waals surface area contributed by atoms with Gasteiger partial charge in [0.2, 0.25) is 0 Å². The van der Waals surface area contributed by atoms with Gasteiger partial charge in [-0.1, -0.05) is 44.0 Å². The normalized spacial score (nSPS) is 12.9. The molecule has 1 aromatic carbocycles. The first kappa shape index (κ1) is 19.0. The molecule has 1 aromatic rings. The van der Waals surface area contributed by atoms with E-state index in [0.717, 1.165) is 0 Å². The molecule has 0 aliphatic heterocycles. The Morgan fingerprint density at radius 2 is 1.91 bits per heavy atom. The molecule has 6 nitrogen and oxygen atoms in total. The summed E-state index contributed by atoms with van der Waals surface area (Å²) in [5, 5.41) is 2.76. The molecule has 1 rings (SSSR count). The first-order valence-electron chi connectivity index (χ1n) is 7.19. The number of ether oxygens (including phenoxy) is 2. The van der Waals surface area contributed by atoms with Gasteiger partial charge >= 0.3 is 11.9 Å². The van der Waals surface area contributed by atoms with Gasteiger partial charge in [-0.05, 0) is 18.1 Å². The summed E-state index contributed by atoms with van der Waals surface area (Å²) in [6.07, 6.45) is 0.680. The number of benzene rings is 1. The van der Waals surface area contributed by atoms with Crippen molar-refractivity contribution >= 4 is 29.4 Å². The zero-order valence-corrected chi connectivity index (χ0v) is 14.1. The number of hydrogen-bond donors (Lipinski definition) is 1. The molecule has 0 fully saturated rings. The van der Waals surface area contributed by atoms with Gasteiger partial charge < -0.3 is 14.8 Å². The summed E-state index contributed by atoms with van der Waals surface area (Å²) in [5.74, 6) is -1.93. The highest BCUT2D eigenvalue weighted by molar-refractivity contribution is 6.33. The van der Waals surface area contributed by atoms with Crippen LogP contribution >= 0.6 is 11.6 Å². The van der Waals surface area contributed by atoms with Gasteiger partial charge in [0.15, 0.2) is 6.61 Å². The Hall–Kier alpha value is -2.08. The van der Waals surface area contributed by atoms with Gasteiger partial charge in [0.05, 0.1) is 17.7 Å². The van der Waals surface area contributed by atoms with E-state index in [2.05, 4.69) is 10.1 Å². The van der Waals surface area contributed by atoms with Crippen molar-refractivity contribution in [2.75, 3.05) is 13.7 Å². The molecule has 0 saturated carbocycles. The van der Waals surface area contributed by atoms with E-state index in [0.29, 0.717) is 6.42 Å². The van der Waals surface area contributed by atoms with Crippen LogP contribution in [0.15, 0.2) is 24.3 Å².